The van der Waals surface area contributed by atoms with Crippen LogP contribution in [0.2, 0.25) is 0 Å². The third-order valence-electron chi connectivity index (χ3n) is 2.37. The minimum absolute atomic E-state index is 1.17. The molecule has 2 heterocycles. The van der Waals surface area contributed by atoms with Crippen molar-refractivity contribution in [2.45, 2.75) is 6.42 Å². The van der Waals surface area contributed by atoms with Crippen molar-refractivity contribution in [3.8, 4) is 0 Å². The first-order valence-corrected chi connectivity index (χ1v) is 4.19. The molecule has 2 aliphatic heterocycles. The summed E-state index contributed by atoms with van der Waals surface area (Å²) in [7, 11) is 0. The molecular formula is C11H9N. The van der Waals surface area contributed by atoms with Crippen molar-refractivity contribution >= 4 is 0 Å². The van der Waals surface area contributed by atoms with E-state index in [1.54, 1.807) is 0 Å². The summed E-state index contributed by atoms with van der Waals surface area (Å²) < 4.78 is 0. The molecule has 0 saturated heterocycles. The van der Waals surface area contributed by atoms with Gasteiger partial charge in [0.05, 0.1) is 0 Å². The van der Waals surface area contributed by atoms with Crippen LogP contribution in [0.3, 0.4) is 0 Å². The number of fused-ring (bicyclic) bond motifs is 2. The maximum atomic E-state index is 2.20. The predicted octanol–water partition coefficient (Wildman–Crippen LogP) is 2.48. The van der Waals surface area contributed by atoms with Gasteiger partial charge in [0.1, 0.15) is 0 Å². The van der Waals surface area contributed by atoms with Crippen LogP contribution >= 0.6 is 0 Å². The van der Waals surface area contributed by atoms with Crippen LogP contribution in [0, 0.1) is 0 Å². The van der Waals surface area contributed by atoms with Crippen molar-refractivity contribution in [2.75, 3.05) is 0 Å². The van der Waals surface area contributed by atoms with Crippen molar-refractivity contribution in [1.82, 2.24) is 4.90 Å². The van der Waals surface area contributed by atoms with E-state index in [1.807, 2.05) is 0 Å². The Bertz CT molecular complexity index is 378. The van der Waals surface area contributed by atoms with E-state index < -0.39 is 0 Å². The van der Waals surface area contributed by atoms with Gasteiger partial charge in [0.2, 0.25) is 0 Å². The van der Waals surface area contributed by atoms with E-state index in [1.165, 1.54) is 23.3 Å². The molecule has 0 aromatic rings. The van der Waals surface area contributed by atoms with Crippen molar-refractivity contribution in [1.29, 1.82) is 0 Å². The van der Waals surface area contributed by atoms with Crippen molar-refractivity contribution in [3.05, 3.63) is 59.6 Å². The largest absolute Gasteiger partial charge is 0.324 e. The summed E-state index contributed by atoms with van der Waals surface area (Å²) in [4.78, 5) is 2.17. The van der Waals surface area contributed by atoms with Gasteiger partial charge in [-0.05, 0) is 29.4 Å². The molecule has 3 rings (SSSR count). The van der Waals surface area contributed by atoms with Crippen LogP contribution in [0.15, 0.2) is 59.6 Å². The molecule has 0 aromatic heterocycles. The fourth-order valence-electron chi connectivity index (χ4n) is 1.65. The van der Waals surface area contributed by atoms with Crippen molar-refractivity contribution in [2.24, 2.45) is 0 Å². The molecule has 0 amide bonds. The number of hydrogen-bond acceptors (Lipinski definition) is 1. The molecule has 0 aromatic carbocycles. The van der Waals surface area contributed by atoms with Crippen LogP contribution in [-0.4, -0.2) is 4.90 Å². The van der Waals surface area contributed by atoms with E-state index in [4.69, 9.17) is 0 Å². The first-order valence-electron chi connectivity index (χ1n) is 4.19. The Labute approximate surface area is 71.7 Å². The topological polar surface area (TPSA) is 3.24 Å². The standard InChI is InChI=1S/C11H9N/c1-2-6-12-7-3-4-9-8-10(9)11(12)5-1/h1-7H,8H2. The van der Waals surface area contributed by atoms with Crippen molar-refractivity contribution < 1.29 is 0 Å². The first kappa shape index (κ1) is 6.06. The number of rotatable bonds is 0. The molecule has 0 bridgehead atoms. The van der Waals surface area contributed by atoms with Crippen LogP contribution in [0.4, 0.5) is 0 Å². The van der Waals surface area contributed by atoms with E-state index in [-0.39, 0.29) is 0 Å². The van der Waals surface area contributed by atoms with E-state index in [2.05, 4.69) is 47.7 Å². The Kier molecular flexibility index (Phi) is 1.01. The summed E-state index contributed by atoms with van der Waals surface area (Å²) in [6.45, 7) is 0. The Hall–Kier alpha value is -1.50. The molecule has 1 saturated carbocycles. The Balaban J connectivity index is 2.18. The third kappa shape index (κ3) is 0.735. The molecule has 12 heavy (non-hydrogen) atoms. The zero-order valence-corrected chi connectivity index (χ0v) is 6.70. The van der Waals surface area contributed by atoms with Gasteiger partial charge in [0.25, 0.3) is 0 Å². The molecule has 1 aliphatic carbocycles. The number of allylic oxidation sites excluding steroid dienone is 7. The highest BCUT2D eigenvalue weighted by Gasteiger charge is 2.27. The summed E-state index contributed by atoms with van der Waals surface area (Å²) in [5, 5.41) is 0. The SMILES string of the molecule is C1=CC2=C3CC3=CC=CN2C=C1. The van der Waals surface area contributed by atoms with Crippen LogP contribution in [0.5, 0.6) is 0 Å². The lowest BCUT2D eigenvalue weighted by Crippen LogP contribution is -2.08. The highest BCUT2D eigenvalue weighted by atomic mass is 15.1. The number of nitrogens with zero attached hydrogens (tertiary/aromatic N) is 1. The number of hydrogen-bond donors (Lipinski definition) is 0. The molecule has 0 atom stereocenters. The maximum absolute atomic E-state index is 2.20. The highest BCUT2D eigenvalue weighted by molar-refractivity contribution is 5.59. The lowest BCUT2D eigenvalue weighted by Gasteiger charge is -2.18. The zero-order valence-electron chi connectivity index (χ0n) is 6.70. The molecular weight excluding hydrogens is 146 g/mol. The second-order valence-electron chi connectivity index (χ2n) is 3.18. The van der Waals surface area contributed by atoms with E-state index in [0.29, 0.717) is 0 Å². The quantitative estimate of drug-likeness (QED) is 0.519. The van der Waals surface area contributed by atoms with Gasteiger partial charge in [-0.25, -0.2) is 0 Å². The van der Waals surface area contributed by atoms with Gasteiger partial charge in [-0.3, -0.25) is 0 Å². The minimum Gasteiger partial charge on any atom is -0.324 e. The van der Waals surface area contributed by atoms with Gasteiger partial charge in [-0.2, -0.15) is 0 Å². The average molecular weight is 155 g/mol. The highest BCUT2D eigenvalue weighted by Crippen LogP contribution is 2.42. The summed E-state index contributed by atoms with van der Waals surface area (Å²) in [6, 6.07) is 0. The molecule has 58 valence electrons. The van der Waals surface area contributed by atoms with Gasteiger partial charge >= 0.3 is 0 Å². The van der Waals surface area contributed by atoms with Gasteiger partial charge in [0.15, 0.2) is 0 Å². The molecule has 0 spiro atoms. The molecule has 3 aliphatic rings. The Morgan fingerprint density at radius 1 is 1.08 bits per heavy atom. The fourth-order valence-corrected chi connectivity index (χ4v) is 1.65. The van der Waals surface area contributed by atoms with Gasteiger partial charge in [-0.15, -0.1) is 0 Å². The monoisotopic (exact) mass is 155 g/mol. The lowest BCUT2D eigenvalue weighted by molar-refractivity contribution is 0.644. The summed E-state index contributed by atoms with van der Waals surface area (Å²) in [6.07, 6.45) is 16.0. The zero-order chi connectivity index (χ0) is 7.97. The second-order valence-corrected chi connectivity index (χ2v) is 3.18. The van der Waals surface area contributed by atoms with E-state index in [0.717, 1.165) is 0 Å². The fraction of sp³-hybridized carbons (Fsp3) is 0.0909. The molecule has 0 N–H and O–H groups in total. The molecule has 0 radical (unpaired) electrons. The Morgan fingerprint density at radius 3 is 3.00 bits per heavy atom. The van der Waals surface area contributed by atoms with Crippen LogP contribution in [-0.2, 0) is 0 Å². The molecule has 1 nitrogen and oxygen atoms in total. The lowest BCUT2D eigenvalue weighted by atomic mass is 10.2. The van der Waals surface area contributed by atoms with Gasteiger partial charge < -0.3 is 4.90 Å². The van der Waals surface area contributed by atoms with Gasteiger partial charge in [0, 0.05) is 24.5 Å². The van der Waals surface area contributed by atoms with Gasteiger partial charge in [-0.1, -0.05) is 12.2 Å². The predicted molar refractivity (Wildman–Crippen MR) is 49.0 cm³/mol. The van der Waals surface area contributed by atoms with Crippen LogP contribution in [0.25, 0.3) is 0 Å². The minimum atomic E-state index is 1.17. The second kappa shape index (κ2) is 2.01. The first-order chi connectivity index (χ1) is 5.95. The maximum Gasteiger partial charge on any atom is 0.0487 e. The van der Waals surface area contributed by atoms with Crippen molar-refractivity contribution in [3.63, 3.8) is 0 Å². The van der Waals surface area contributed by atoms with Crippen LogP contribution in [0.1, 0.15) is 6.42 Å². The normalized spacial score (nSPS) is 23.3. The third-order valence-corrected chi connectivity index (χ3v) is 2.37. The Morgan fingerprint density at radius 2 is 2.00 bits per heavy atom. The summed E-state index contributed by atoms with van der Waals surface area (Å²) in [5.41, 5.74) is 4.34. The summed E-state index contributed by atoms with van der Waals surface area (Å²) >= 11 is 0. The van der Waals surface area contributed by atoms with Crippen LogP contribution < -0.4 is 0 Å². The smallest absolute Gasteiger partial charge is 0.0487 e. The summed E-state index contributed by atoms with van der Waals surface area (Å²) in [5.74, 6) is 0. The molecule has 0 unspecified atom stereocenters. The van der Waals surface area contributed by atoms with E-state index >= 15 is 0 Å². The van der Waals surface area contributed by atoms with E-state index in [9.17, 15) is 0 Å². The molecule has 1 heteroatoms. The molecule has 1 fully saturated rings. The average Bonchev–Trinajstić information content (AvgIpc) is 2.82.